The maximum absolute atomic E-state index is 13.6. The fourth-order valence-electron chi connectivity index (χ4n) is 3.40. The highest BCUT2D eigenvalue weighted by Gasteiger charge is 2.34. The number of aromatic nitrogens is 1. The molecule has 116 valence electrons. The van der Waals surface area contributed by atoms with Gasteiger partial charge in [0.05, 0.1) is 5.56 Å². The molecule has 0 aliphatic heterocycles. The molecule has 0 bridgehead atoms. The van der Waals surface area contributed by atoms with E-state index in [0.717, 1.165) is 25.5 Å². The predicted octanol–water partition coefficient (Wildman–Crippen LogP) is 3.70. The number of carbonyl (C=O) groups excluding carboxylic acids is 1. The smallest absolute Gasteiger partial charge is 0.254 e. The number of amides is 1. The summed E-state index contributed by atoms with van der Waals surface area (Å²) in [7, 11) is 0. The highest BCUT2D eigenvalue weighted by molar-refractivity contribution is 5.94. The first-order valence-electron chi connectivity index (χ1n) is 7.52. The van der Waals surface area contributed by atoms with E-state index in [-0.39, 0.29) is 11.0 Å². The Bertz CT molecular complexity index is 511. The lowest BCUT2D eigenvalue weighted by Gasteiger charge is -2.31. The van der Waals surface area contributed by atoms with Gasteiger partial charge in [-0.3, -0.25) is 4.79 Å². The van der Waals surface area contributed by atoms with E-state index in [9.17, 15) is 13.6 Å². The molecule has 1 heterocycles. The van der Waals surface area contributed by atoms with Gasteiger partial charge in [-0.2, -0.15) is 4.39 Å². The summed E-state index contributed by atoms with van der Waals surface area (Å²) in [4.78, 5) is 15.2. The number of hydrogen-bond acceptors (Lipinski definition) is 2. The van der Waals surface area contributed by atoms with Crippen LogP contribution in [0.4, 0.5) is 8.78 Å². The molecule has 0 atom stereocenters. The van der Waals surface area contributed by atoms with Crippen molar-refractivity contribution in [3.05, 3.63) is 29.6 Å². The fourth-order valence-corrected chi connectivity index (χ4v) is 3.40. The number of pyridine rings is 1. The molecule has 1 saturated carbocycles. The fraction of sp³-hybridized carbons (Fsp3) is 0.625. The lowest BCUT2D eigenvalue weighted by molar-refractivity contribution is 0.0916. The Kier molecular flexibility index (Phi) is 4.91. The normalized spacial score (nSPS) is 17.2. The van der Waals surface area contributed by atoms with Gasteiger partial charge in [-0.25, -0.2) is 9.37 Å². The van der Waals surface area contributed by atoms with Crippen molar-refractivity contribution >= 4 is 5.91 Å². The molecule has 1 fully saturated rings. The van der Waals surface area contributed by atoms with Crippen molar-refractivity contribution in [1.82, 2.24) is 10.3 Å². The van der Waals surface area contributed by atoms with Crippen LogP contribution in [0.15, 0.2) is 12.3 Å². The summed E-state index contributed by atoms with van der Waals surface area (Å²) in [5.74, 6) is -2.43. The summed E-state index contributed by atoms with van der Waals surface area (Å²) in [6, 6.07) is 1.21. The van der Waals surface area contributed by atoms with Crippen molar-refractivity contribution in [1.29, 1.82) is 0 Å². The quantitative estimate of drug-likeness (QED) is 0.842. The van der Waals surface area contributed by atoms with Gasteiger partial charge in [-0.05, 0) is 36.7 Å². The van der Waals surface area contributed by atoms with Crippen LogP contribution in [0.5, 0.6) is 0 Å². The number of nitrogens with one attached hydrogen (secondary N) is 1. The van der Waals surface area contributed by atoms with Crippen molar-refractivity contribution in [3.63, 3.8) is 0 Å². The molecule has 0 aromatic carbocycles. The summed E-state index contributed by atoms with van der Waals surface area (Å²) in [6.45, 7) is 4.85. The largest absolute Gasteiger partial charge is 0.351 e. The van der Waals surface area contributed by atoms with Gasteiger partial charge < -0.3 is 5.32 Å². The average Bonchev–Trinajstić information content (AvgIpc) is 2.87. The first kappa shape index (κ1) is 15.9. The molecule has 1 aromatic rings. The van der Waals surface area contributed by atoms with E-state index >= 15 is 0 Å². The van der Waals surface area contributed by atoms with Gasteiger partial charge in [0, 0.05) is 12.7 Å². The molecule has 1 aliphatic carbocycles. The third-order valence-corrected chi connectivity index (χ3v) is 4.22. The summed E-state index contributed by atoms with van der Waals surface area (Å²) in [6.07, 6.45) is 6.65. The molecule has 0 saturated heterocycles. The monoisotopic (exact) mass is 296 g/mol. The molecule has 3 nitrogen and oxygen atoms in total. The molecule has 0 radical (unpaired) electrons. The van der Waals surface area contributed by atoms with Gasteiger partial charge in [0.15, 0.2) is 5.82 Å². The van der Waals surface area contributed by atoms with Gasteiger partial charge in [0.1, 0.15) is 0 Å². The standard InChI is InChI=1S/C16H22F2N2O/c1-11(2)9-16(6-3-4-7-16)10-20-15(21)12-5-8-19-14(18)13(12)17/h5,8,11H,3-4,6-7,9-10H2,1-2H3,(H,20,21). The molecule has 5 heteroatoms. The van der Waals surface area contributed by atoms with E-state index in [2.05, 4.69) is 24.1 Å². The zero-order chi connectivity index (χ0) is 15.5. The SMILES string of the molecule is CC(C)CC1(CNC(=O)c2ccnc(F)c2F)CCCC1. The molecule has 0 spiro atoms. The predicted molar refractivity (Wildman–Crippen MR) is 76.8 cm³/mol. The summed E-state index contributed by atoms with van der Waals surface area (Å²) < 4.78 is 26.6. The molecule has 2 rings (SSSR count). The van der Waals surface area contributed by atoms with E-state index in [0.29, 0.717) is 12.5 Å². The summed E-state index contributed by atoms with van der Waals surface area (Å²) >= 11 is 0. The third-order valence-electron chi connectivity index (χ3n) is 4.22. The van der Waals surface area contributed by atoms with Crippen LogP contribution >= 0.6 is 0 Å². The molecular weight excluding hydrogens is 274 g/mol. The third kappa shape index (κ3) is 3.77. The van der Waals surface area contributed by atoms with Crippen LogP contribution in [0.1, 0.15) is 56.3 Å². The van der Waals surface area contributed by atoms with E-state index < -0.39 is 17.7 Å². The topological polar surface area (TPSA) is 42.0 Å². The van der Waals surface area contributed by atoms with Crippen LogP contribution in [0.25, 0.3) is 0 Å². The molecule has 21 heavy (non-hydrogen) atoms. The first-order chi connectivity index (χ1) is 9.93. The Morgan fingerprint density at radius 2 is 2.05 bits per heavy atom. The first-order valence-corrected chi connectivity index (χ1v) is 7.52. The molecule has 1 amide bonds. The van der Waals surface area contributed by atoms with Crippen molar-refractivity contribution < 1.29 is 13.6 Å². The lowest BCUT2D eigenvalue weighted by atomic mass is 9.78. The Morgan fingerprint density at radius 1 is 1.38 bits per heavy atom. The van der Waals surface area contributed by atoms with E-state index in [1.54, 1.807) is 0 Å². The lowest BCUT2D eigenvalue weighted by Crippen LogP contribution is -2.37. The second-order valence-electron chi connectivity index (χ2n) is 6.45. The molecule has 1 aromatic heterocycles. The number of nitrogens with zero attached hydrogens (tertiary/aromatic N) is 1. The Labute approximate surface area is 124 Å². The van der Waals surface area contributed by atoms with Gasteiger partial charge >= 0.3 is 0 Å². The molecule has 0 unspecified atom stereocenters. The highest BCUT2D eigenvalue weighted by Crippen LogP contribution is 2.42. The zero-order valence-electron chi connectivity index (χ0n) is 12.6. The Hall–Kier alpha value is -1.52. The van der Waals surface area contributed by atoms with Crippen LogP contribution in [-0.4, -0.2) is 17.4 Å². The highest BCUT2D eigenvalue weighted by atomic mass is 19.2. The average molecular weight is 296 g/mol. The Morgan fingerprint density at radius 3 is 2.67 bits per heavy atom. The van der Waals surface area contributed by atoms with Gasteiger partial charge in [-0.1, -0.05) is 26.7 Å². The second-order valence-corrected chi connectivity index (χ2v) is 6.45. The molecule has 1 N–H and O–H groups in total. The van der Waals surface area contributed by atoms with Crippen molar-refractivity contribution in [2.75, 3.05) is 6.54 Å². The van der Waals surface area contributed by atoms with Gasteiger partial charge in [0.2, 0.25) is 5.95 Å². The maximum atomic E-state index is 13.6. The van der Waals surface area contributed by atoms with Crippen molar-refractivity contribution in [3.8, 4) is 0 Å². The van der Waals surface area contributed by atoms with E-state index in [1.807, 2.05) is 0 Å². The number of rotatable bonds is 5. The minimum Gasteiger partial charge on any atom is -0.351 e. The van der Waals surface area contributed by atoms with Crippen LogP contribution in [0.2, 0.25) is 0 Å². The van der Waals surface area contributed by atoms with Crippen LogP contribution < -0.4 is 5.32 Å². The van der Waals surface area contributed by atoms with Crippen LogP contribution in [-0.2, 0) is 0 Å². The maximum Gasteiger partial charge on any atom is 0.254 e. The zero-order valence-corrected chi connectivity index (χ0v) is 12.6. The second kappa shape index (κ2) is 6.50. The van der Waals surface area contributed by atoms with Crippen LogP contribution in [0, 0.1) is 23.1 Å². The number of carbonyl (C=O) groups is 1. The number of halogens is 2. The van der Waals surface area contributed by atoms with Gasteiger partial charge in [0.25, 0.3) is 5.91 Å². The number of hydrogen-bond donors (Lipinski definition) is 1. The van der Waals surface area contributed by atoms with Crippen molar-refractivity contribution in [2.45, 2.75) is 46.0 Å². The van der Waals surface area contributed by atoms with Crippen molar-refractivity contribution in [2.24, 2.45) is 11.3 Å². The van der Waals surface area contributed by atoms with Gasteiger partial charge in [-0.15, -0.1) is 0 Å². The minimum atomic E-state index is -1.24. The summed E-state index contributed by atoms with van der Waals surface area (Å²) in [5.41, 5.74) is -0.175. The summed E-state index contributed by atoms with van der Waals surface area (Å²) in [5, 5.41) is 2.78. The molecular formula is C16H22F2N2O. The van der Waals surface area contributed by atoms with Crippen LogP contribution in [0.3, 0.4) is 0 Å². The minimum absolute atomic E-state index is 0.103. The van der Waals surface area contributed by atoms with E-state index in [1.165, 1.54) is 18.9 Å². The Balaban J connectivity index is 2.04. The molecule has 1 aliphatic rings. The van der Waals surface area contributed by atoms with E-state index in [4.69, 9.17) is 0 Å².